The SMILES string of the molecule is COc1c(C)c2c(c(NC(=O)C(F)(Cl)Cl)c1CC=C(C)CCC(=O)O)C(=O)OC2. The van der Waals surface area contributed by atoms with E-state index in [9.17, 15) is 18.8 Å². The summed E-state index contributed by atoms with van der Waals surface area (Å²) < 4.78 is 21.0. The number of alkyl halides is 3. The van der Waals surface area contributed by atoms with E-state index in [1.165, 1.54) is 7.11 Å². The number of ether oxygens (including phenoxy) is 2. The van der Waals surface area contributed by atoms with Gasteiger partial charge in [-0.2, -0.15) is 4.39 Å². The lowest BCUT2D eigenvalue weighted by molar-refractivity contribution is -0.137. The van der Waals surface area contributed by atoms with Gasteiger partial charge in [0.25, 0.3) is 5.91 Å². The Bertz CT molecular complexity index is 892. The number of carbonyl (C=O) groups is 3. The van der Waals surface area contributed by atoms with Crippen LogP contribution in [0.15, 0.2) is 11.6 Å². The minimum atomic E-state index is -3.21. The van der Waals surface area contributed by atoms with E-state index in [1.54, 1.807) is 19.9 Å². The number of amides is 1. The zero-order valence-electron chi connectivity index (χ0n) is 16.0. The number of esters is 1. The molecule has 158 valence electrons. The van der Waals surface area contributed by atoms with Crippen LogP contribution in [0.4, 0.5) is 10.1 Å². The van der Waals surface area contributed by atoms with E-state index < -0.39 is 22.4 Å². The third-order valence-electron chi connectivity index (χ3n) is 4.56. The number of carbonyl (C=O) groups excluding carboxylic acids is 2. The lowest BCUT2D eigenvalue weighted by Crippen LogP contribution is -2.29. The second-order valence-electron chi connectivity index (χ2n) is 6.54. The zero-order valence-corrected chi connectivity index (χ0v) is 17.5. The molecule has 29 heavy (non-hydrogen) atoms. The number of carboxylic acid groups (broad SMARTS) is 1. The number of fused-ring (bicyclic) bond motifs is 1. The summed E-state index contributed by atoms with van der Waals surface area (Å²) in [6, 6.07) is 0. The first kappa shape index (κ1) is 23.0. The van der Waals surface area contributed by atoms with E-state index in [4.69, 9.17) is 37.8 Å². The predicted molar refractivity (Wildman–Crippen MR) is 105 cm³/mol. The van der Waals surface area contributed by atoms with Gasteiger partial charge in [0.1, 0.15) is 12.4 Å². The maximum Gasteiger partial charge on any atom is 0.341 e. The number of carboxylic acids is 1. The summed E-state index contributed by atoms with van der Waals surface area (Å²) in [4.78, 5) is 35.1. The molecule has 1 aliphatic heterocycles. The largest absolute Gasteiger partial charge is 0.496 e. The molecular formula is C19H20Cl2FNO6. The molecule has 0 saturated carbocycles. The van der Waals surface area contributed by atoms with Gasteiger partial charge in [0.2, 0.25) is 0 Å². The van der Waals surface area contributed by atoms with Crippen LogP contribution in [0.3, 0.4) is 0 Å². The molecule has 0 bridgehead atoms. The van der Waals surface area contributed by atoms with Crippen molar-refractivity contribution < 1.29 is 33.4 Å². The molecule has 0 aliphatic carbocycles. The number of benzene rings is 1. The molecule has 0 fully saturated rings. The summed E-state index contributed by atoms with van der Waals surface area (Å²) in [5, 5.41) is 11.1. The molecule has 1 heterocycles. The van der Waals surface area contributed by atoms with Crippen LogP contribution < -0.4 is 10.1 Å². The fraction of sp³-hybridized carbons (Fsp3) is 0.421. The zero-order chi connectivity index (χ0) is 21.9. The summed E-state index contributed by atoms with van der Waals surface area (Å²) in [6.45, 7) is 3.47. The molecule has 7 nitrogen and oxygen atoms in total. The smallest absolute Gasteiger partial charge is 0.341 e. The van der Waals surface area contributed by atoms with Crippen molar-refractivity contribution in [2.45, 2.75) is 44.3 Å². The van der Waals surface area contributed by atoms with Crippen molar-refractivity contribution in [3.05, 3.63) is 33.9 Å². The van der Waals surface area contributed by atoms with Crippen molar-refractivity contribution in [3.8, 4) is 5.75 Å². The van der Waals surface area contributed by atoms with Gasteiger partial charge in [0.05, 0.1) is 18.4 Å². The number of aliphatic carboxylic acids is 1. The summed E-state index contributed by atoms with van der Waals surface area (Å²) in [7, 11) is 1.42. The van der Waals surface area contributed by atoms with Crippen molar-refractivity contribution in [2.75, 3.05) is 12.4 Å². The minimum absolute atomic E-state index is 0.000518. The number of anilines is 1. The molecule has 2 rings (SSSR count). The van der Waals surface area contributed by atoms with Gasteiger partial charge in [-0.15, -0.1) is 0 Å². The number of methoxy groups -OCH3 is 1. The van der Waals surface area contributed by atoms with Crippen LogP contribution in [0, 0.1) is 6.92 Å². The van der Waals surface area contributed by atoms with E-state index >= 15 is 0 Å². The van der Waals surface area contributed by atoms with Gasteiger partial charge < -0.3 is 19.9 Å². The van der Waals surface area contributed by atoms with Crippen LogP contribution in [-0.4, -0.2) is 34.6 Å². The Labute approximate surface area is 176 Å². The number of allylic oxidation sites excluding steroid dienone is 2. The second kappa shape index (κ2) is 9.00. The van der Waals surface area contributed by atoms with Crippen LogP contribution in [0.2, 0.25) is 0 Å². The first-order valence-electron chi connectivity index (χ1n) is 8.62. The van der Waals surface area contributed by atoms with Crippen molar-refractivity contribution in [1.82, 2.24) is 0 Å². The summed E-state index contributed by atoms with van der Waals surface area (Å²) in [5.74, 6) is -2.58. The Morgan fingerprint density at radius 1 is 1.38 bits per heavy atom. The van der Waals surface area contributed by atoms with Gasteiger partial charge in [-0.3, -0.25) is 9.59 Å². The first-order chi connectivity index (χ1) is 13.5. The third-order valence-corrected chi connectivity index (χ3v) is 4.90. The third kappa shape index (κ3) is 5.19. The molecule has 1 aromatic rings. The number of cyclic esters (lactones) is 1. The molecule has 0 radical (unpaired) electrons. The Morgan fingerprint density at radius 2 is 2.03 bits per heavy atom. The van der Waals surface area contributed by atoms with E-state index in [-0.39, 0.29) is 30.7 Å². The van der Waals surface area contributed by atoms with Crippen molar-refractivity contribution in [2.24, 2.45) is 0 Å². The fourth-order valence-electron chi connectivity index (χ4n) is 3.06. The lowest BCUT2D eigenvalue weighted by atomic mass is 9.93. The van der Waals surface area contributed by atoms with Crippen molar-refractivity contribution in [3.63, 3.8) is 0 Å². The average Bonchev–Trinajstić information content (AvgIpc) is 3.01. The van der Waals surface area contributed by atoms with Gasteiger partial charge in [-0.05, 0) is 32.3 Å². The standard InChI is InChI=1S/C19H20Cl2FNO6/c1-9(5-7-13(24)25)4-6-11-15(23-18(27)19(20,21)22)14-12(8-29-17(14)26)10(2)16(11)28-3/h4H,5-8H2,1-3H3,(H,23,27)(H,24,25). The minimum Gasteiger partial charge on any atom is -0.496 e. The van der Waals surface area contributed by atoms with Crippen molar-refractivity contribution >= 4 is 46.7 Å². The number of nitrogens with one attached hydrogen (secondary N) is 1. The van der Waals surface area contributed by atoms with Crippen LogP contribution in [0.25, 0.3) is 0 Å². The van der Waals surface area contributed by atoms with E-state index in [2.05, 4.69) is 5.32 Å². The summed E-state index contributed by atoms with van der Waals surface area (Å²) >= 11 is 10.5. The van der Waals surface area contributed by atoms with Gasteiger partial charge in [0, 0.05) is 17.5 Å². The number of hydrogen-bond donors (Lipinski definition) is 2. The molecule has 0 aromatic heterocycles. The van der Waals surface area contributed by atoms with Gasteiger partial charge in [-0.1, -0.05) is 34.9 Å². The Morgan fingerprint density at radius 3 is 2.59 bits per heavy atom. The summed E-state index contributed by atoms with van der Waals surface area (Å²) in [6.07, 6.45) is 2.20. The first-order valence-corrected chi connectivity index (χ1v) is 9.38. The highest BCUT2D eigenvalue weighted by atomic mass is 35.5. The highest BCUT2D eigenvalue weighted by Crippen LogP contribution is 2.42. The quantitative estimate of drug-likeness (QED) is 0.353. The Kier molecular flexibility index (Phi) is 7.13. The summed E-state index contributed by atoms with van der Waals surface area (Å²) in [5.41, 5.74) is 2.40. The maximum absolute atomic E-state index is 13.7. The molecule has 0 saturated heterocycles. The number of hydrogen-bond acceptors (Lipinski definition) is 5. The lowest BCUT2D eigenvalue weighted by Gasteiger charge is -2.20. The van der Waals surface area contributed by atoms with E-state index in [0.717, 1.165) is 5.57 Å². The molecule has 1 aliphatic rings. The Hall–Kier alpha value is -2.32. The van der Waals surface area contributed by atoms with Gasteiger partial charge in [0.15, 0.2) is 0 Å². The molecule has 1 aromatic carbocycles. The highest BCUT2D eigenvalue weighted by molar-refractivity contribution is 6.57. The maximum atomic E-state index is 13.7. The Balaban J connectivity index is 2.57. The molecule has 0 atom stereocenters. The van der Waals surface area contributed by atoms with Crippen LogP contribution >= 0.6 is 23.2 Å². The van der Waals surface area contributed by atoms with Crippen LogP contribution in [0.1, 0.15) is 46.8 Å². The monoisotopic (exact) mass is 447 g/mol. The van der Waals surface area contributed by atoms with Crippen LogP contribution in [0.5, 0.6) is 5.75 Å². The van der Waals surface area contributed by atoms with Gasteiger partial charge in [-0.25, -0.2) is 4.79 Å². The fourth-order valence-corrected chi connectivity index (χ4v) is 3.15. The number of rotatable bonds is 8. The van der Waals surface area contributed by atoms with Crippen LogP contribution in [-0.2, 0) is 27.4 Å². The normalized spacial score (nSPS) is 13.7. The predicted octanol–water partition coefficient (Wildman–Crippen LogP) is 4.07. The molecule has 2 N–H and O–H groups in total. The average molecular weight is 448 g/mol. The molecule has 1 amide bonds. The van der Waals surface area contributed by atoms with Crippen molar-refractivity contribution in [1.29, 1.82) is 0 Å². The highest BCUT2D eigenvalue weighted by Gasteiger charge is 2.38. The second-order valence-corrected chi connectivity index (χ2v) is 7.78. The molecular weight excluding hydrogens is 428 g/mol. The molecule has 0 spiro atoms. The molecule has 10 heteroatoms. The topological polar surface area (TPSA) is 102 Å². The van der Waals surface area contributed by atoms with E-state index in [1.807, 2.05) is 0 Å². The van der Waals surface area contributed by atoms with Gasteiger partial charge >= 0.3 is 16.5 Å². The molecule has 0 unspecified atom stereocenters. The van der Waals surface area contributed by atoms with E-state index in [0.29, 0.717) is 28.9 Å². The number of halogens is 3.